The molecule has 30 valence electrons. The van der Waals surface area contributed by atoms with E-state index in [1.807, 2.05) is 0 Å². The van der Waals surface area contributed by atoms with Gasteiger partial charge >= 0.3 is 58.2 Å². The zero-order valence-electron chi connectivity index (χ0n) is 3.47. The van der Waals surface area contributed by atoms with Gasteiger partial charge in [0.2, 0.25) is 0 Å². The van der Waals surface area contributed by atoms with Crippen LogP contribution in [0.3, 0.4) is 0 Å². The monoisotopic (exact) mass is 160 g/mol. The van der Waals surface area contributed by atoms with E-state index in [9.17, 15) is 0 Å². The van der Waals surface area contributed by atoms with Gasteiger partial charge < -0.3 is 15.0 Å². The van der Waals surface area contributed by atoms with E-state index < -0.39 is 12.6 Å². The van der Waals surface area contributed by atoms with Crippen molar-refractivity contribution in [3.63, 3.8) is 0 Å². The summed E-state index contributed by atoms with van der Waals surface area (Å²) in [7, 11) is 0. The average molecular weight is 161 g/mol. The van der Waals surface area contributed by atoms with Crippen LogP contribution >= 0.6 is 0 Å². The van der Waals surface area contributed by atoms with Crippen LogP contribution in [-0.2, 0) is 4.79 Å². The van der Waals surface area contributed by atoms with Crippen molar-refractivity contribution in [1.82, 2.24) is 0 Å². The van der Waals surface area contributed by atoms with Crippen LogP contribution in [0.2, 0.25) is 0 Å². The average Bonchev–Trinajstić information content (AvgIpc) is 1.38. The molecule has 4 heteroatoms. The van der Waals surface area contributed by atoms with E-state index in [-0.39, 0.29) is 58.2 Å². The van der Waals surface area contributed by atoms with Gasteiger partial charge in [-0.2, -0.15) is 0 Å². The van der Waals surface area contributed by atoms with Crippen LogP contribution < -0.4 is 63.3 Å². The van der Waals surface area contributed by atoms with Gasteiger partial charge in [0, 0.05) is 0 Å². The molecule has 0 unspecified atom stereocenters. The fourth-order valence-electron chi connectivity index (χ4n) is 0. The SMILES string of the molecule is O=C([O-])CO.[Rb+]. The maximum absolute atomic E-state index is 9.01. The molecular weight excluding hydrogens is 157 g/mol. The standard InChI is InChI=1S/C2H4O3.Rb/c3-1-2(4)5;/h3H,1H2,(H,4,5);/q;+1/p-1. The molecule has 0 aromatic rings. The number of carbonyl (C=O) groups excluding carboxylic acids is 1. The van der Waals surface area contributed by atoms with E-state index in [1.165, 1.54) is 0 Å². The third-order valence-electron chi connectivity index (χ3n) is 0.129. The molecule has 0 heterocycles. The Morgan fingerprint density at radius 2 is 2.00 bits per heavy atom. The summed E-state index contributed by atoms with van der Waals surface area (Å²) in [6.45, 7) is -0.889. The molecule has 6 heavy (non-hydrogen) atoms. The van der Waals surface area contributed by atoms with E-state index >= 15 is 0 Å². The van der Waals surface area contributed by atoms with Crippen molar-refractivity contribution in [3.05, 3.63) is 0 Å². The molecule has 0 aliphatic heterocycles. The summed E-state index contributed by atoms with van der Waals surface area (Å²) in [5, 5.41) is 16.5. The Kier molecular flexibility index (Phi) is 10.7. The van der Waals surface area contributed by atoms with Gasteiger partial charge in [0.05, 0.1) is 12.6 Å². The van der Waals surface area contributed by atoms with Crippen LogP contribution in [0, 0.1) is 0 Å². The van der Waals surface area contributed by atoms with Gasteiger partial charge in [0.1, 0.15) is 0 Å². The van der Waals surface area contributed by atoms with E-state index in [0.29, 0.717) is 0 Å². The first-order chi connectivity index (χ1) is 2.27. The number of hydrogen-bond donors (Lipinski definition) is 1. The van der Waals surface area contributed by atoms with Gasteiger partial charge in [-0.15, -0.1) is 0 Å². The molecule has 0 fully saturated rings. The fraction of sp³-hybridized carbons (Fsp3) is 0.500. The largest absolute Gasteiger partial charge is 1.00 e. The molecule has 0 saturated heterocycles. The van der Waals surface area contributed by atoms with Gasteiger partial charge in [-0.05, 0) is 0 Å². The summed E-state index contributed by atoms with van der Waals surface area (Å²) in [4.78, 5) is 9.01. The van der Waals surface area contributed by atoms with Crippen molar-refractivity contribution in [2.75, 3.05) is 6.61 Å². The first-order valence-corrected chi connectivity index (χ1v) is 1.08. The number of hydrogen-bond acceptors (Lipinski definition) is 3. The Morgan fingerprint density at radius 1 is 1.83 bits per heavy atom. The quantitative estimate of drug-likeness (QED) is 0.417. The van der Waals surface area contributed by atoms with Crippen LogP contribution in [-0.4, -0.2) is 17.7 Å². The predicted octanol–water partition coefficient (Wildman–Crippen LogP) is -5.27. The van der Waals surface area contributed by atoms with Gasteiger partial charge in [-0.3, -0.25) is 0 Å². The van der Waals surface area contributed by atoms with Crippen molar-refractivity contribution in [3.8, 4) is 0 Å². The summed E-state index contributed by atoms with van der Waals surface area (Å²) in [6, 6.07) is 0. The maximum atomic E-state index is 9.01. The summed E-state index contributed by atoms with van der Waals surface area (Å²) >= 11 is 0. The summed E-state index contributed by atoms with van der Waals surface area (Å²) in [5.74, 6) is -1.44. The van der Waals surface area contributed by atoms with Crippen molar-refractivity contribution in [1.29, 1.82) is 0 Å². The van der Waals surface area contributed by atoms with Crippen molar-refractivity contribution < 1.29 is 73.2 Å². The normalized spacial score (nSPS) is 6.17. The van der Waals surface area contributed by atoms with Crippen molar-refractivity contribution in [2.24, 2.45) is 0 Å². The molecule has 0 radical (unpaired) electrons. The molecule has 0 aromatic carbocycles. The van der Waals surface area contributed by atoms with Crippen LogP contribution in [0.4, 0.5) is 0 Å². The van der Waals surface area contributed by atoms with Gasteiger partial charge in [0.15, 0.2) is 0 Å². The molecule has 0 aliphatic carbocycles. The molecule has 0 aromatic heterocycles. The van der Waals surface area contributed by atoms with Gasteiger partial charge in [0.25, 0.3) is 0 Å². The Balaban J connectivity index is 0. The van der Waals surface area contributed by atoms with Crippen LogP contribution in [0.5, 0.6) is 0 Å². The first-order valence-electron chi connectivity index (χ1n) is 1.08. The van der Waals surface area contributed by atoms with Crippen LogP contribution in [0.15, 0.2) is 0 Å². The van der Waals surface area contributed by atoms with E-state index in [0.717, 1.165) is 0 Å². The Bertz CT molecular complexity index is 44.1. The Hall–Kier alpha value is 1.24. The summed E-state index contributed by atoms with van der Waals surface area (Å²) in [5.41, 5.74) is 0. The van der Waals surface area contributed by atoms with E-state index in [2.05, 4.69) is 0 Å². The second-order valence-electron chi connectivity index (χ2n) is 0.530. The molecule has 0 amide bonds. The smallest absolute Gasteiger partial charge is 0.548 e. The second kappa shape index (κ2) is 6.24. The van der Waals surface area contributed by atoms with Crippen molar-refractivity contribution >= 4 is 5.97 Å². The molecule has 0 saturated carbocycles. The minimum atomic E-state index is -1.44. The van der Waals surface area contributed by atoms with Gasteiger partial charge in [-0.25, -0.2) is 0 Å². The number of aliphatic hydroxyl groups excluding tert-OH is 1. The molecule has 3 nitrogen and oxygen atoms in total. The second-order valence-corrected chi connectivity index (χ2v) is 0.530. The minimum Gasteiger partial charge on any atom is -0.548 e. The molecular formula is C2H3O3Rb. The molecule has 0 aliphatic rings. The Labute approximate surface area is 84.1 Å². The molecule has 0 atom stereocenters. The fourth-order valence-corrected chi connectivity index (χ4v) is 0. The zero-order chi connectivity index (χ0) is 4.28. The Morgan fingerprint density at radius 3 is 2.00 bits per heavy atom. The number of rotatable bonds is 1. The van der Waals surface area contributed by atoms with E-state index in [1.54, 1.807) is 0 Å². The minimum absolute atomic E-state index is 0. The zero-order valence-corrected chi connectivity index (χ0v) is 8.39. The molecule has 0 spiro atoms. The number of carboxylic acid groups (broad SMARTS) is 1. The van der Waals surface area contributed by atoms with Crippen molar-refractivity contribution in [2.45, 2.75) is 0 Å². The third-order valence-corrected chi connectivity index (χ3v) is 0.129. The summed E-state index contributed by atoms with van der Waals surface area (Å²) in [6.07, 6.45) is 0. The number of aliphatic hydroxyl groups is 1. The summed E-state index contributed by atoms with van der Waals surface area (Å²) < 4.78 is 0. The number of carboxylic acids is 1. The number of carbonyl (C=O) groups is 1. The molecule has 0 rings (SSSR count). The third kappa shape index (κ3) is 8.97. The molecule has 0 bridgehead atoms. The first kappa shape index (κ1) is 10.3. The van der Waals surface area contributed by atoms with Crippen LogP contribution in [0.1, 0.15) is 0 Å². The number of aliphatic carboxylic acids is 1. The van der Waals surface area contributed by atoms with Crippen LogP contribution in [0.25, 0.3) is 0 Å². The van der Waals surface area contributed by atoms with Gasteiger partial charge in [-0.1, -0.05) is 0 Å². The predicted molar refractivity (Wildman–Crippen MR) is 12.1 cm³/mol. The van der Waals surface area contributed by atoms with E-state index in [4.69, 9.17) is 15.0 Å². The topological polar surface area (TPSA) is 60.4 Å². The molecule has 1 N–H and O–H groups in total. The maximum Gasteiger partial charge on any atom is 1.00 e.